The van der Waals surface area contributed by atoms with Crippen LogP contribution in [0.25, 0.3) is 0 Å². The lowest BCUT2D eigenvalue weighted by atomic mass is 10.1. The van der Waals surface area contributed by atoms with Crippen molar-refractivity contribution in [3.63, 3.8) is 0 Å². The van der Waals surface area contributed by atoms with Gasteiger partial charge in [0.25, 0.3) is 8.32 Å². The van der Waals surface area contributed by atoms with Crippen LogP contribution in [0.1, 0.15) is 39.2 Å². The third kappa shape index (κ3) is 4.49. The molecule has 0 N–H and O–H groups in total. The Morgan fingerprint density at radius 2 is 1.40 bits per heavy atom. The lowest BCUT2D eigenvalue weighted by molar-refractivity contribution is -0.160. The van der Waals surface area contributed by atoms with Crippen molar-refractivity contribution < 1.29 is 14.0 Å². The molecule has 5 rings (SSSR count). The van der Waals surface area contributed by atoms with E-state index in [0.29, 0.717) is 6.54 Å². The van der Waals surface area contributed by atoms with Crippen molar-refractivity contribution in [3.8, 4) is 0 Å². The molecule has 0 radical (unpaired) electrons. The van der Waals surface area contributed by atoms with E-state index in [1.165, 1.54) is 10.4 Å². The smallest absolute Gasteiger partial charge is 0.261 e. The molecule has 0 spiro atoms. The number of amides is 1. The molecule has 3 atom stereocenters. The fourth-order valence-corrected chi connectivity index (χ4v) is 10.6. The standard InChI is InChI=1S/C30H35NO3Si/c1-30(2,3)35(24-15-9-5-10-16-24,25-17-11-6-12-18-25)34-27-20-19-26-29(27)33-22-28(32)31(26)21-23-13-7-4-8-14-23/h4-18,26-27,29H,19-22H2,1-3H3/t26-,27-,29+/m0/s1. The largest absolute Gasteiger partial charge is 0.402 e. The summed E-state index contributed by atoms with van der Waals surface area (Å²) in [4.78, 5) is 14.9. The molecular weight excluding hydrogens is 450 g/mol. The molecule has 0 unspecified atom stereocenters. The van der Waals surface area contributed by atoms with Gasteiger partial charge in [0.15, 0.2) is 0 Å². The van der Waals surface area contributed by atoms with Gasteiger partial charge in [-0.05, 0) is 33.8 Å². The van der Waals surface area contributed by atoms with Gasteiger partial charge in [-0.2, -0.15) is 0 Å². The first-order chi connectivity index (χ1) is 16.9. The Bertz CT molecular complexity index is 1090. The van der Waals surface area contributed by atoms with Crippen LogP contribution in [0.5, 0.6) is 0 Å². The Morgan fingerprint density at radius 3 is 1.94 bits per heavy atom. The molecule has 35 heavy (non-hydrogen) atoms. The van der Waals surface area contributed by atoms with Gasteiger partial charge < -0.3 is 14.1 Å². The third-order valence-electron chi connectivity index (χ3n) is 7.55. The summed E-state index contributed by atoms with van der Waals surface area (Å²) in [5, 5.41) is 2.45. The molecule has 4 nitrogen and oxygen atoms in total. The lowest BCUT2D eigenvalue weighted by Crippen LogP contribution is -2.68. The van der Waals surface area contributed by atoms with Gasteiger partial charge in [0.05, 0.1) is 12.1 Å². The Kier molecular flexibility index (Phi) is 6.66. The highest BCUT2D eigenvalue weighted by molar-refractivity contribution is 6.99. The summed E-state index contributed by atoms with van der Waals surface area (Å²) < 4.78 is 13.6. The van der Waals surface area contributed by atoms with E-state index in [1.54, 1.807) is 0 Å². The molecule has 1 aliphatic heterocycles. The number of carbonyl (C=O) groups excluding carboxylic acids is 1. The van der Waals surface area contributed by atoms with E-state index in [1.807, 2.05) is 23.1 Å². The van der Waals surface area contributed by atoms with Gasteiger partial charge in [-0.15, -0.1) is 0 Å². The van der Waals surface area contributed by atoms with Crippen LogP contribution >= 0.6 is 0 Å². The number of nitrogens with zero attached hydrogens (tertiary/aromatic N) is 1. The van der Waals surface area contributed by atoms with E-state index in [4.69, 9.17) is 9.16 Å². The van der Waals surface area contributed by atoms with Crippen molar-refractivity contribution in [2.24, 2.45) is 0 Å². The van der Waals surface area contributed by atoms with Gasteiger partial charge in [0.1, 0.15) is 12.7 Å². The van der Waals surface area contributed by atoms with Gasteiger partial charge in [-0.25, -0.2) is 0 Å². The molecular formula is C30H35NO3Si. The maximum atomic E-state index is 12.9. The van der Waals surface area contributed by atoms with Gasteiger partial charge in [-0.3, -0.25) is 4.79 Å². The predicted molar refractivity (Wildman–Crippen MR) is 142 cm³/mol. The number of hydrogen-bond donors (Lipinski definition) is 0. The van der Waals surface area contributed by atoms with Gasteiger partial charge in [0, 0.05) is 6.54 Å². The van der Waals surface area contributed by atoms with Crippen LogP contribution in [0.15, 0.2) is 91.0 Å². The second kappa shape index (κ2) is 9.73. The minimum absolute atomic E-state index is 0.0414. The zero-order chi connectivity index (χ0) is 24.5. The molecule has 1 saturated carbocycles. The number of hydrogen-bond acceptors (Lipinski definition) is 3. The van der Waals surface area contributed by atoms with Gasteiger partial charge in [0.2, 0.25) is 5.91 Å². The summed E-state index contributed by atoms with van der Waals surface area (Å²) in [5.41, 5.74) is 1.15. The van der Waals surface area contributed by atoms with Crippen molar-refractivity contribution in [1.82, 2.24) is 4.90 Å². The lowest BCUT2D eigenvalue weighted by Gasteiger charge is -2.46. The van der Waals surface area contributed by atoms with Crippen LogP contribution in [0.4, 0.5) is 0 Å². The Hall–Kier alpha value is -2.73. The second-order valence-corrected chi connectivity index (χ2v) is 15.0. The Labute approximate surface area is 210 Å². The molecule has 182 valence electrons. The van der Waals surface area contributed by atoms with Crippen LogP contribution in [-0.4, -0.2) is 44.0 Å². The Morgan fingerprint density at radius 1 is 0.857 bits per heavy atom. The van der Waals surface area contributed by atoms with E-state index in [2.05, 4.69) is 93.6 Å². The quantitative estimate of drug-likeness (QED) is 0.482. The second-order valence-electron chi connectivity index (χ2n) is 10.7. The first-order valence-electron chi connectivity index (χ1n) is 12.6. The minimum atomic E-state index is -2.69. The van der Waals surface area contributed by atoms with Crippen molar-refractivity contribution in [2.45, 2.75) is 63.4 Å². The van der Waals surface area contributed by atoms with Crippen molar-refractivity contribution in [2.75, 3.05) is 6.61 Å². The van der Waals surface area contributed by atoms with Crippen LogP contribution < -0.4 is 10.4 Å². The molecule has 2 fully saturated rings. The minimum Gasteiger partial charge on any atom is -0.402 e. The highest BCUT2D eigenvalue weighted by atomic mass is 28.4. The highest BCUT2D eigenvalue weighted by Gasteiger charge is 2.55. The van der Waals surface area contributed by atoms with Crippen LogP contribution in [0.2, 0.25) is 5.04 Å². The molecule has 1 heterocycles. The van der Waals surface area contributed by atoms with Crippen molar-refractivity contribution >= 4 is 24.6 Å². The van der Waals surface area contributed by atoms with Gasteiger partial charge >= 0.3 is 0 Å². The molecule has 1 amide bonds. The van der Waals surface area contributed by atoms with E-state index in [9.17, 15) is 4.79 Å². The number of rotatable bonds is 6. The molecule has 3 aromatic carbocycles. The fraction of sp³-hybridized carbons (Fsp3) is 0.367. The number of benzene rings is 3. The SMILES string of the molecule is CC(C)(C)[Si](O[C@H]1CC[C@H]2[C@H]1OCC(=O)N2Cc1ccccc1)(c1ccccc1)c1ccccc1. The zero-order valence-electron chi connectivity index (χ0n) is 20.9. The number of fused-ring (bicyclic) bond motifs is 1. The summed E-state index contributed by atoms with van der Waals surface area (Å²) >= 11 is 0. The highest BCUT2D eigenvalue weighted by Crippen LogP contribution is 2.41. The predicted octanol–water partition coefficient (Wildman–Crippen LogP) is 4.52. The summed E-state index contributed by atoms with van der Waals surface area (Å²) in [7, 11) is -2.69. The molecule has 1 aliphatic carbocycles. The molecule has 0 bridgehead atoms. The maximum absolute atomic E-state index is 12.9. The topological polar surface area (TPSA) is 38.8 Å². The summed E-state index contributed by atoms with van der Waals surface area (Å²) in [6, 6.07) is 31.8. The first kappa shape index (κ1) is 24.0. The average molecular weight is 486 g/mol. The van der Waals surface area contributed by atoms with Gasteiger partial charge in [-0.1, -0.05) is 112 Å². The van der Waals surface area contributed by atoms with E-state index in [0.717, 1.165) is 18.4 Å². The number of morpholine rings is 1. The van der Waals surface area contributed by atoms with E-state index in [-0.39, 0.29) is 35.8 Å². The average Bonchev–Trinajstić information content (AvgIpc) is 3.28. The van der Waals surface area contributed by atoms with E-state index < -0.39 is 8.32 Å². The zero-order valence-corrected chi connectivity index (χ0v) is 21.9. The summed E-state index contributed by atoms with van der Waals surface area (Å²) in [6.45, 7) is 7.65. The first-order valence-corrected chi connectivity index (χ1v) is 14.5. The molecule has 2 aliphatic rings. The maximum Gasteiger partial charge on any atom is 0.261 e. The summed E-state index contributed by atoms with van der Waals surface area (Å²) in [5.74, 6) is 0.0706. The van der Waals surface area contributed by atoms with Crippen LogP contribution in [0, 0.1) is 0 Å². The third-order valence-corrected chi connectivity index (χ3v) is 12.6. The van der Waals surface area contributed by atoms with Crippen LogP contribution in [0.3, 0.4) is 0 Å². The monoisotopic (exact) mass is 485 g/mol. The molecule has 0 aromatic heterocycles. The summed E-state index contributed by atoms with van der Waals surface area (Å²) in [6.07, 6.45) is 1.61. The van der Waals surface area contributed by atoms with E-state index >= 15 is 0 Å². The van der Waals surface area contributed by atoms with Crippen molar-refractivity contribution in [3.05, 3.63) is 96.6 Å². The van der Waals surface area contributed by atoms with Crippen molar-refractivity contribution in [1.29, 1.82) is 0 Å². The molecule has 1 saturated heterocycles. The normalized spacial score (nSPS) is 22.8. The number of ether oxygens (including phenoxy) is 1. The fourth-order valence-electron chi connectivity index (χ4n) is 5.93. The molecule has 3 aromatic rings. The molecule has 5 heteroatoms. The Balaban J connectivity index is 1.50. The number of carbonyl (C=O) groups is 1. The van der Waals surface area contributed by atoms with Crippen LogP contribution in [-0.2, 0) is 20.5 Å².